The van der Waals surface area contributed by atoms with Crippen LogP contribution >= 0.6 is 23.7 Å². The molecule has 2 N–H and O–H groups in total. The van der Waals surface area contributed by atoms with Crippen LogP contribution in [0.25, 0.3) is 11.3 Å². The largest absolute Gasteiger partial charge is 0.484 e. The highest BCUT2D eigenvalue weighted by Crippen LogP contribution is 2.37. The second-order valence-corrected chi connectivity index (χ2v) is 14.2. The number of benzene rings is 2. The predicted molar refractivity (Wildman–Crippen MR) is 201 cm³/mol. The molecule has 1 aromatic heterocycles. The van der Waals surface area contributed by atoms with E-state index >= 15 is 0 Å². The number of halogens is 3. The Morgan fingerprint density at radius 1 is 1.02 bits per heavy atom. The van der Waals surface area contributed by atoms with Crippen molar-refractivity contribution in [3.05, 3.63) is 95.3 Å². The maximum atomic E-state index is 14.8. The fraction of sp³-hybridized carbons (Fsp3) is 0.421. The van der Waals surface area contributed by atoms with Crippen LogP contribution in [0.3, 0.4) is 0 Å². The number of alkyl halides is 2. The molecule has 0 aliphatic rings. The highest BCUT2D eigenvalue weighted by atomic mass is 32.2. The quantitative estimate of drug-likeness (QED) is 0.0442. The molecule has 3 aromatic rings. The molecule has 0 saturated heterocycles. The monoisotopic (exact) mass is 698 g/mol. The number of thioether (sulfide) groups is 1. The summed E-state index contributed by atoms with van der Waals surface area (Å²) in [5.74, 6) is -2.10. The Bertz CT molecular complexity index is 1540. The van der Waals surface area contributed by atoms with E-state index in [4.69, 9.17) is 14.9 Å². The molecule has 0 saturated carbocycles. The van der Waals surface area contributed by atoms with Crippen LogP contribution in [-0.2, 0) is 6.42 Å². The summed E-state index contributed by atoms with van der Waals surface area (Å²) in [5, 5.41) is 6.56. The lowest BCUT2D eigenvalue weighted by Crippen LogP contribution is -2.39. The molecule has 260 valence electrons. The first kappa shape index (κ1) is 39.2. The van der Waals surface area contributed by atoms with Crippen LogP contribution in [0.15, 0.2) is 82.8 Å². The number of nitrogens with two attached hydrogens (primary N) is 1. The van der Waals surface area contributed by atoms with Crippen LogP contribution < -0.4 is 14.8 Å². The summed E-state index contributed by atoms with van der Waals surface area (Å²) in [7, 11) is 0. The third-order valence-electron chi connectivity index (χ3n) is 8.11. The Labute approximate surface area is 293 Å². The van der Waals surface area contributed by atoms with Crippen molar-refractivity contribution in [3.8, 4) is 5.75 Å². The second kappa shape index (κ2) is 19.1. The van der Waals surface area contributed by atoms with Gasteiger partial charge in [0, 0.05) is 35.4 Å². The van der Waals surface area contributed by atoms with Gasteiger partial charge in [0.2, 0.25) is 0 Å². The van der Waals surface area contributed by atoms with Crippen LogP contribution in [0.5, 0.6) is 5.75 Å². The van der Waals surface area contributed by atoms with Crippen molar-refractivity contribution in [1.29, 1.82) is 0 Å². The minimum absolute atomic E-state index is 0.233. The molecule has 0 fully saturated rings. The van der Waals surface area contributed by atoms with Crippen molar-refractivity contribution in [1.82, 2.24) is 4.98 Å². The summed E-state index contributed by atoms with van der Waals surface area (Å²) in [4.78, 5) is 11.5. The standard InChI is InChI=1S/C38H49F3N4OS2/c1-7-15-30(29-21-22-32(39)33(26-29)46-27-38(40,41)37(2,3)4)36(43-5)31-18-12-11-17-28(31)16-10-8-9-13-23-45(24-25-47-6)34-19-14-20-35(44-34)48-42/h7,11-12,14-15,17-22,26H,5,8-10,13,16,23-25,27,42H2,1-4,6H3/b15-7-,36-30+. The van der Waals surface area contributed by atoms with Gasteiger partial charge in [-0.05, 0) is 86.5 Å². The summed E-state index contributed by atoms with van der Waals surface area (Å²) in [6.07, 6.45) is 10.9. The molecule has 2 aromatic carbocycles. The third kappa shape index (κ3) is 11.2. The van der Waals surface area contributed by atoms with E-state index in [0.717, 1.165) is 84.9 Å². The lowest BCUT2D eigenvalue weighted by molar-refractivity contribution is -0.123. The Balaban J connectivity index is 1.74. The predicted octanol–water partition coefficient (Wildman–Crippen LogP) is 10.4. The Kier molecular flexibility index (Phi) is 15.6. The number of nitrogens with zero attached hydrogens (tertiary/aromatic N) is 3. The zero-order valence-corrected chi connectivity index (χ0v) is 30.4. The molecule has 0 radical (unpaired) electrons. The van der Waals surface area contributed by atoms with Gasteiger partial charge in [0.25, 0.3) is 5.92 Å². The van der Waals surface area contributed by atoms with E-state index in [1.807, 2.05) is 67.2 Å². The zero-order chi connectivity index (χ0) is 35.2. The molecular formula is C38H49F3N4OS2. The SMILES string of the molecule is C=N/C(=C(\C=C/C)c1ccc(F)c(OCC(F)(F)C(C)(C)C)c1)c1ccccc1CCCCCCN(CCSC)c1cccc(SN)n1. The van der Waals surface area contributed by atoms with Gasteiger partial charge in [-0.2, -0.15) is 11.8 Å². The normalized spacial score (nSPS) is 12.7. The van der Waals surface area contributed by atoms with Gasteiger partial charge in [-0.3, -0.25) is 10.1 Å². The average Bonchev–Trinajstić information content (AvgIpc) is 3.07. The van der Waals surface area contributed by atoms with E-state index < -0.39 is 23.8 Å². The fourth-order valence-corrected chi connectivity index (χ4v) is 5.80. The number of rotatable bonds is 19. The highest BCUT2D eigenvalue weighted by molar-refractivity contribution is 7.98. The minimum atomic E-state index is -3.15. The van der Waals surface area contributed by atoms with Gasteiger partial charge in [-0.1, -0.05) is 82.2 Å². The maximum Gasteiger partial charge on any atom is 0.286 e. The number of anilines is 1. The fourth-order valence-electron chi connectivity index (χ4n) is 5.09. The van der Waals surface area contributed by atoms with Crippen molar-refractivity contribution >= 4 is 47.5 Å². The van der Waals surface area contributed by atoms with Crippen molar-refractivity contribution in [3.63, 3.8) is 0 Å². The maximum absolute atomic E-state index is 14.8. The van der Waals surface area contributed by atoms with Crippen LogP contribution in [0.4, 0.5) is 19.0 Å². The average molecular weight is 699 g/mol. The lowest BCUT2D eigenvalue weighted by atomic mass is 9.88. The minimum Gasteiger partial charge on any atom is -0.484 e. The van der Waals surface area contributed by atoms with Gasteiger partial charge in [0.15, 0.2) is 18.2 Å². The summed E-state index contributed by atoms with van der Waals surface area (Å²) in [6.45, 7) is 11.0. The number of aryl methyl sites for hydroxylation is 1. The number of aromatic nitrogens is 1. The van der Waals surface area contributed by atoms with Crippen LogP contribution in [-0.4, -0.2) is 49.3 Å². The number of pyridine rings is 1. The van der Waals surface area contributed by atoms with Gasteiger partial charge < -0.3 is 9.64 Å². The van der Waals surface area contributed by atoms with Crippen LogP contribution in [0.1, 0.15) is 70.1 Å². The van der Waals surface area contributed by atoms with Crippen molar-refractivity contribution < 1.29 is 17.9 Å². The van der Waals surface area contributed by atoms with E-state index in [0.29, 0.717) is 16.8 Å². The van der Waals surface area contributed by atoms with Crippen molar-refractivity contribution in [2.75, 3.05) is 36.6 Å². The summed E-state index contributed by atoms with van der Waals surface area (Å²) in [6, 6.07) is 18.4. The molecule has 0 aliphatic carbocycles. The zero-order valence-electron chi connectivity index (χ0n) is 28.8. The number of ether oxygens (including phenoxy) is 1. The van der Waals surface area contributed by atoms with Crippen molar-refractivity contribution in [2.45, 2.75) is 70.7 Å². The number of allylic oxidation sites excluding steroid dienone is 3. The Morgan fingerprint density at radius 2 is 1.77 bits per heavy atom. The first-order valence-electron chi connectivity index (χ1n) is 16.3. The van der Waals surface area contributed by atoms with Gasteiger partial charge in [0.1, 0.15) is 10.8 Å². The molecule has 0 aliphatic heterocycles. The molecule has 10 heteroatoms. The van der Waals surface area contributed by atoms with Crippen LogP contribution in [0, 0.1) is 11.2 Å². The van der Waals surface area contributed by atoms with E-state index in [1.54, 1.807) is 6.07 Å². The molecule has 48 heavy (non-hydrogen) atoms. The Hall–Kier alpha value is -3.21. The molecule has 0 bridgehead atoms. The molecule has 3 rings (SSSR count). The first-order valence-corrected chi connectivity index (χ1v) is 18.5. The summed E-state index contributed by atoms with van der Waals surface area (Å²) in [5.41, 5.74) is 2.66. The van der Waals surface area contributed by atoms with Gasteiger partial charge >= 0.3 is 0 Å². The summed E-state index contributed by atoms with van der Waals surface area (Å²) < 4.78 is 49.4. The van der Waals surface area contributed by atoms with E-state index in [9.17, 15) is 13.2 Å². The van der Waals surface area contributed by atoms with Gasteiger partial charge in [-0.25, -0.2) is 18.2 Å². The van der Waals surface area contributed by atoms with Crippen LogP contribution in [0.2, 0.25) is 0 Å². The van der Waals surface area contributed by atoms with Gasteiger partial charge in [-0.15, -0.1) is 0 Å². The van der Waals surface area contributed by atoms with Gasteiger partial charge in [0.05, 0.1) is 5.70 Å². The number of hydrogen-bond acceptors (Lipinski definition) is 7. The highest BCUT2D eigenvalue weighted by Gasteiger charge is 2.44. The Morgan fingerprint density at radius 3 is 2.46 bits per heavy atom. The van der Waals surface area contributed by atoms with E-state index in [-0.39, 0.29) is 5.75 Å². The molecule has 0 spiro atoms. The molecule has 0 atom stereocenters. The third-order valence-corrected chi connectivity index (χ3v) is 9.17. The molecule has 0 unspecified atom stereocenters. The topological polar surface area (TPSA) is 63.7 Å². The van der Waals surface area contributed by atoms with E-state index in [1.165, 1.54) is 32.9 Å². The number of hydrogen-bond donors (Lipinski definition) is 1. The van der Waals surface area contributed by atoms with Crippen molar-refractivity contribution in [2.24, 2.45) is 15.5 Å². The summed E-state index contributed by atoms with van der Waals surface area (Å²) >= 11 is 2.99. The first-order chi connectivity index (χ1) is 22.9. The molecule has 5 nitrogen and oxygen atoms in total. The molecule has 0 amide bonds. The van der Waals surface area contributed by atoms with E-state index in [2.05, 4.69) is 28.9 Å². The smallest absolute Gasteiger partial charge is 0.286 e. The lowest BCUT2D eigenvalue weighted by Gasteiger charge is -2.30. The molecular weight excluding hydrogens is 650 g/mol. The number of unbranched alkanes of at least 4 members (excludes halogenated alkanes) is 3. The second-order valence-electron chi connectivity index (χ2n) is 12.6. The number of aliphatic imine (C=N–C) groups is 1. The molecule has 1 heterocycles.